The lowest BCUT2D eigenvalue weighted by Gasteiger charge is -2.32. The zero-order chi connectivity index (χ0) is 17.6. The largest absolute Gasteiger partial charge is 0.479 e. The highest BCUT2D eigenvalue weighted by Crippen LogP contribution is 2.25. The number of rotatable bonds is 8. The summed E-state index contributed by atoms with van der Waals surface area (Å²) in [6.45, 7) is -0.135. The van der Waals surface area contributed by atoms with E-state index in [-0.39, 0.29) is 18.5 Å². The summed E-state index contributed by atoms with van der Waals surface area (Å²) in [6, 6.07) is 17.2. The molecule has 0 fully saturated rings. The molecule has 0 aliphatic carbocycles. The average molecular weight is 348 g/mol. The summed E-state index contributed by atoms with van der Waals surface area (Å²) in [6.07, 6.45) is -2.48. The minimum absolute atomic E-state index is 0. The van der Waals surface area contributed by atoms with E-state index in [1.54, 1.807) is 60.7 Å². The quantitative estimate of drug-likeness (QED) is 0.648. The topological polar surface area (TPSA) is 136 Å². The minimum Gasteiger partial charge on any atom is -0.479 e. The number of aliphatic hydroxyl groups is 1. The Morgan fingerprint density at radius 2 is 1.40 bits per heavy atom. The van der Waals surface area contributed by atoms with E-state index < -0.39 is 23.6 Å². The van der Waals surface area contributed by atoms with Crippen molar-refractivity contribution < 1.29 is 35.1 Å². The Morgan fingerprint density at radius 1 is 0.920 bits per heavy atom. The van der Waals surface area contributed by atoms with E-state index in [2.05, 4.69) is 0 Å². The van der Waals surface area contributed by atoms with E-state index in [1.165, 1.54) is 0 Å². The number of carboxylic acids is 2. The second-order valence-electron chi connectivity index (χ2n) is 5.37. The third kappa shape index (κ3) is 4.87. The highest BCUT2D eigenvalue weighted by atomic mass is 16.5. The highest BCUT2D eigenvalue weighted by molar-refractivity contribution is 5.87. The lowest BCUT2D eigenvalue weighted by molar-refractivity contribution is -0.195. The number of carbonyl (C=O) groups is 2. The average Bonchev–Trinajstić information content (AvgIpc) is 2.59. The Kier molecular flexibility index (Phi) is 7.25. The Bertz CT molecular complexity index is 687. The van der Waals surface area contributed by atoms with Gasteiger partial charge in [0.2, 0.25) is 5.60 Å². The van der Waals surface area contributed by atoms with E-state index >= 15 is 0 Å². The molecule has 5 N–H and O–H groups in total. The van der Waals surface area contributed by atoms with Gasteiger partial charge in [-0.2, -0.15) is 0 Å². The molecule has 2 atom stereocenters. The Hall–Kier alpha value is -2.74. The van der Waals surface area contributed by atoms with Crippen molar-refractivity contribution in [2.75, 3.05) is 0 Å². The van der Waals surface area contributed by atoms with Crippen molar-refractivity contribution in [3.63, 3.8) is 0 Å². The molecule has 7 nitrogen and oxygen atoms in total. The van der Waals surface area contributed by atoms with Crippen LogP contribution in [0.15, 0.2) is 60.7 Å². The number of aliphatic carboxylic acids is 2. The van der Waals surface area contributed by atoms with Gasteiger partial charge in [0.1, 0.15) is 0 Å². The van der Waals surface area contributed by atoms with Gasteiger partial charge >= 0.3 is 11.9 Å². The van der Waals surface area contributed by atoms with Crippen molar-refractivity contribution >= 4 is 11.9 Å². The summed E-state index contributed by atoms with van der Waals surface area (Å²) >= 11 is 0. The lowest BCUT2D eigenvalue weighted by Crippen LogP contribution is -2.56. The fraction of sp³-hybridized carbons (Fsp3) is 0.222. The van der Waals surface area contributed by atoms with Crippen LogP contribution in [0.25, 0.3) is 0 Å². The van der Waals surface area contributed by atoms with Gasteiger partial charge in [-0.1, -0.05) is 60.7 Å². The number of hydrogen-bond acceptors (Lipinski definition) is 4. The van der Waals surface area contributed by atoms with Crippen LogP contribution < -0.4 is 0 Å². The third-order valence-corrected chi connectivity index (χ3v) is 3.69. The minimum atomic E-state index is -2.29. The first-order valence-electron chi connectivity index (χ1n) is 7.32. The van der Waals surface area contributed by atoms with Gasteiger partial charge in [-0.15, -0.1) is 0 Å². The summed E-state index contributed by atoms with van der Waals surface area (Å²) in [5.41, 5.74) is -1.06. The molecule has 0 aliphatic heterocycles. The summed E-state index contributed by atoms with van der Waals surface area (Å²) < 4.78 is 5.47. The fourth-order valence-electron chi connectivity index (χ4n) is 2.37. The van der Waals surface area contributed by atoms with Crippen LogP contribution >= 0.6 is 0 Å². The zero-order valence-electron chi connectivity index (χ0n) is 13.3. The van der Waals surface area contributed by atoms with Crippen molar-refractivity contribution in [2.45, 2.75) is 24.7 Å². The molecule has 2 rings (SSSR count). The number of hydrogen-bond donors (Lipinski definition) is 3. The predicted octanol–water partition coefficient (Wildman–Crippen LogP) is 0.890. The van der Waals surface area contributed by atoms with Crippen LogP contribution in [0.1, 0.15) is 11.1 Å². The van der Waals surface area contributed by atoms with Crippen LogP contribution in [0.5, 0.6) is 0 Å². The van der Waals surface area contributed by atoms with Crippen molar-refractivity contribution in [1.82, 2.24) is 0 Å². The van der Waals surface area contributed by atoms with Crippen molar-refractivity contribution in [3.8, 4) is 0 Å². The molecule has 0 unspecified atom stereocenters. The van der Waals surface area contributed by atoms with Crippen LogP contribution in [0.4, 0.5) is 0 Å². The van der Waals surface area contributed by atoms with Gasteiger partial charge in [-0.25, -0.2) is 9.59 Å². The molecule has 134 valence electrons. The maximum atomic E-state index is 11.8. The smallest absolute Gasteiger partial charge is 0.339 e. The standard InChI is InChI=1S/C18H18O6.H2O/c19-15(16(20)21)18(17(22)23,11-13-7-3-1-4-8-13)24-12-14-9-5-2-6-10-14;/h1-10,15,19H,11-12H2,(H,20,21)(H,22,23);1H2/t15-,18+;/m1./s1. The van der Waals surface area contributed by atoms with Gasteiger partial charge in [-0.05, 0) is 11.1 Å². The van der Waals surface area contributed by atoms with Crippen LogP contribution in [0.2, 0.25) is 0 Å². The maximum absolute atomic E-state index is 11.8. The molecule has 7 heteroatoms. The highest BCUT2D eigenvalue weighted by Gasteiger charge is 2.50. The number of benzene rings is 2. The van der Waals surface area contributed by atoms with E-state index in [1.807, 2.05) is 0 Å². The van der Waals surface area contributed by atoms with Gasteiger partial charge in [0.25, 0.3) is 0 Å². The van der Waals surface area contributed by atoms with Gasteiger partial charge in [0, 0.05) is 6.42 Å². The molecule has 0 aromatic heterocycles. The molecule has 0 radical (unpaired) electrons. The Morgan fingerprint density at radius 3 is 1.84 bits per heavy atom. The summed E-state index contributed by atoms with van der Waals surface area (Å²) in [7, 11) is 0. The molecule has 0 heterocycles. The molecule has 2 aromatic rings. The first-order valence-corrected chi connectivity index (χ1v) is 7.32. The molecule has 0 bridgehead atoms. The third-order valence-electron chi connectivity index (χ3n) is 3.69. The van der Waals surface area contributed by atoms with E-state index in [4.69, 9.17) is 9.84 Å². The van der Waals surface area contributed by atoms with Crippen LogP contribution in [-0.4, -0.2) is 44.4 Å². The maximum Gasteiger partial charge on any atom is 0.339 e. The molecular weight excluding hydrogens is 328 g/mol. The van der Waals surface area contributed by atoms with Crippen molar-refractivity contribution in [1.29, 1.82) is 0 Å². The predicted molar refractivity (Wildman–Crippen MR) is 89.0 cm³/mol. The summed E-state index contributed by atoms with van der Waals surface area (Å²) in [5.74, 6) is -3.18. The molecular formula is C18H20O7. The monoisotopic (exact) mass is 348 g/mol. The Labute approximate surface area is 144 Å². The van der Waals surface area contributed by atoms with Crippen LogP contribution in [0.3, 0.4) is 0 Å². The van der Waals surface area contributed by atoms with E-state index in [0.717, 1.165) is 0 Å². The van der Waals surface area contributed by atoms with Gasteiger partial charge in [-0.3, -0.25) is 0 Å². The van der Waals surface area contributed by atoms with Gasteiger partial charge in [0.15, 0.2) is 6.10 Å². The molecule has 0 saturated carbocycles. The number of carboxylic acid groups (broad SMARTS) is 2. The molecule has 0 saturated heterocycles. The molecule has 0 amide bonds. The lowest BCUT2D eigenvalue weighted by atomic mass is 9.88. The zero-order valence-corrected chi connectivity index (χ0v) is 13.3. The molecule has 25 heavy (non-hydrogen) atoms. The van der Waals surface area contributed by atoms with Crippen LogP contribution in [0, 0.1) is 0 Å². The van der Waals surface area contributed by atoms with Crippen molar-refractivity contribution in [3.05, 3.63) is 71.8 Å². The second-order valence-corrected chi connectivity index (χ2v) is 5.37. The fourth-order valence-corrected chi connectivity index (χ4v) is 2.37. The Balaban J connectivity index is 0.00000312. The second kappa shape index (κ2) is 8.93. The first kappa shape index (κ1) is 20.3. The van der Waals surface area contributed by atoms with E-state index in [9.17, 15) is 19.8 Å². The number of ether oxygens (including phenoxy) is 1. The van der Waals surface area contributed by atoms with E-state index in [0.29, 0.717) is 11.1 Å². The SMILES string of the molecule is O.O=C(O)[C@@H](O)[C@](Cc1ccccc1)(OCc1ccccc1)C(=O)O. The number of aliphatic hydroxyl groups excluding tert-OH is 1. The van der Waals surface area contributed by atoms with Crippen LogP contribution in [-0.2, 0) is 27.4 Å². The molecule has 2 aromatic carbocycles. The van der Waals surface area contributed by atoms with Gasteiger partial charge in [0.05, 0.1) is 6.61 Å². The molecule has 0 aliphatic rings. The summed E-state index contributed by atoms with van der Waals surface area (Å²) in [5, 5.41) is 28.8. The summed E-state index contributed by atoms with van der Waals surface area (Å²) in [4.78, 5) is 23.1. The van der Waals surface area contributed by atoms with Gasteiger partial charge < -0.3 is 25.5 Å². The first-order chi connectivity index (χ1) is 11.5. The normalized spacial score (nSPS) is 14.0. The van der Waals surface area contributed by atoms with Crippen molar-refractivity contribution in [2.24, 2.45) is 0 Å². The molecule has 0 spiro atoms.